The number of rotatable bonds is 7. The van der Waals surface area contributed by atoms with Crippen LogP contribution >= 0.6 is 0 Å². The monoisotopic (exact) mass is 458 g/mol. The molecule has 0 radical (unpaired) electrons. The minimum absolute atomic E-state index is 0.106. The molecule has 4 rings (SSSR count). The maximum atomic E-state index is 13.2. The third kappa shape index (κ3) is 4.39. The Morgan fingerprint density at radius 1 is 1.03 bits per heavy atom. The van der Waals surface area contributed by atoms with Crippen LogP contribution in [0.4, 0.5) is 0 Å². The van der Waals surface area contributed by atoms with Crippen LogP contribution in [0.25, 0.3) is 11.4 Å². The van der Waals surface area contributed by atoms with Crippen LogP contribution in [-0.2, 0) is 9.59 Å². The van der Waals surface area contributed by atoms with Crippen molar-refractivity contribution >= 4 is 17.4 Å². The summed E-state index contributed by atoms with van der Waals surface area (Å²) < 4.78 is 1.71. The number of aliphatic hydroxyl groups excluding tert-OH is 1. The smallest absolute Gasteiger partial charge is 0.295 e. The normalized spacial score (nSPS) is 17.7. The molecule has 7 nitrogen and oxygen atoms in total. The van der Waals surface area contributed by atoms with E-state index in [0.29, 0.717) is 24.2 Å². The van der Waals surface area contributed by atoms with Gasteiger partial charge in [-0.25, -0.2) is 4.68 Å². The van der Waals surface area contributed by atoms with E-state index in [1.54, 1.807) is 15.8 Å². The predicted molar refractivity (Wildman–Crippen MR) is 132 cm³/mol. The fourth-order valence-electron chi connectivity index (χ4n) is 4.38. The number of aromatic nitrogens is 2. The second kappa shape index (κ2) is 9.65. The van der Waals surface area contributed by atoms with Crippen molar-refractivity contribution in [3.8, 4) is 5.69 Å². The van der Waals surface area contributed by atoms with Crippen LogP contribution in [0.1, 0.15) is 34.8 Å². The van der Waals surface area contributed by atoms with Gasteiger partial charge in [-0.3, -0.25) is 9.59 Å². The number of carbonyl (C=O) groups excluding carboxylic acids is 2. The number of benzene rings is 2. The van der Waals surface area contributed by atoms with Gasteiger partial charge in [0.15, 0.2) is 0 Å². The molecule has 1 fully saturated rings. The van der Waals surface area contributed by atoms with Crippen LogP contribution in [0.5, 0.6) is 0 Å². The lowest BCUT2D eigenvalue weighted by atomic mass is 9.95. The summed E-state index contributed by atoms with van der Waals surface area (Å²) >= 11 is 0. The van der Waals surface area contributed by atoms with Crippen LogP contribution in [0.15, 0.2) is 66.4 Å². The standard InChI is InChI=1S/C27H30N4O3/c1-18-11-13-20(14-12-18)24-23(26(33)27(34)30(24)16-8-15-29(3)4)25(32)22-17-28-31(19(22)2)21-9-6-5-7-10-21/h5-7,9-14,17,24,32H,8,15-16H2,1-4H3/b25-23+. The molecule has 7 heteroatoms. The van der Waals surface area contributed by atoms with Crippen LogP contribution in [0, 0.1) is 13.8 Å². The SMILES string of the molecule is Cc1ccc(C2/C(=C(\O)c3cnn(-c4ccccc4)c3C)C(=O)C(=O)N2CCCN(C)C)cc1. The minimum atomic E-state index is -0.667. The largest absolute Gasteiger partial charge is 0.507 e. The number of Topliss-reactive ketones (excluding diaryl/α,β-unsaturated/α-hetero) is 1. The molecule has 1 aliphatic heterocycles. The van der Waals surface area contributed by atoms with Gasteiger partial charge < -0.3 is 14.9 Å². The topological polar surface area (TPSA) is 78.7 Å². The van der Waals surface area contributed by atoms with Gasteiger partial charge in [0.05, 0.1) is 34.8 Å². The Balaban J connectivity index is 1.80. The lowest BCUT2D eigenvalue weighted by Crippen LogP contribution is -2.32. The second-order valence-electron chi connectivity index (χ2n) is 8.95. The molecule has 34 heavy (non-hydrogen) atoms. The van der Waals surface area contributed by atoms with Gasteiger partial charge in [0.25, 0.3) is 11.7 Å². The summed E-state index contributed by atoms with van der Waals surface area (Å²) in [5.41, 5.74) is 3.95. The molecule has 1 saturated heterocycles. The number of hydrogen-bond acceptors (Lipinski definition) is 5. The summed E-state index contributed by atoms with van der Waals surface area (Å²) in [5.74, 6) is -1.45. The van der Waals surface area contributed by atoms with Crippen molar-refractivity contribution in [3.05, 3.63) is 88.8 Å². The van der Waals surface area contributed by atoms with Gasteiger partial charge >= 0.3 is 0 Å². The fourth-order valence-corrected chi connectivity index (χ4v) is 4.38. The molecule has 0 spiro atoms. The number of amides is 1. The predicted octanol–water partition coefficient (Wildman–Crippen LogP) is 3.86. The molecule has 1 N–H and O–H groups in total. The number of aryl methyl sites for hydroxylation is 1. The fraction of sp³-hybridized carbons (Fsp3) is 0.296. The van der Waals surface area contributed by atoms with Crippen molar-refractivity contribution in [2.45, 2.75) is 26.3 Å². The average Bonchev–Trinajstić information content (AvgIpc) is 3.32. The van der Waals surface area contributed by atoms with Gasteiger partial charge in [-0.2, -0.15) is 5.10 Å². The highest BCUT2D eigenvalue weighted by Gasteiger charge is 2.46. The molecule has 1 unspecified atom stereocenters. The number of nitrogens with zero attached hydrogens (tertiary/aromatic N) is 4. The summed E-state index contributed by atoms with van der Waals surface area (Å²) in [4.78, 5) is 29.9. The first-order valence-corrected chi connectivity index (χ1v) is 11.4. The summed E-state index contributed by atoms with van der Waals surface area (Å²) in [6, 6.07) is 16.7. The van der Waals surface area contributed by atoms with E-state index in [2.05, 4.69) is 5.10 Å². The first kappa shape index (κ1) is 23.4. The van der Waals surface area contributed by atoms with Crippen molar-refractivity contribution in [1.29, 1.82) is 0 Å². The van der Waals surface area contributed by atoms with Gasteiger partial charge in [0.2, 0.25) is 0 Å². The maximum absolute atomic E-state index is 13.2. The third-order valence-corrected chi connectivity index (χ3v) is 6.20. The molecule has 1 amide bonds. The number of likely N-dealkylation sites (tertiary alicyclic amines) is 1. The quantitative estimate of drug-likeness (QED) is 0.330. The minimum Gasteiger partial charge on any atom is -0.507 e. The van der Waals surface area contributed by atoms with Crippen molar-refractivity contribution < 1.29 is 14.7 Å². The molecule has 2 heterocycles. The zero-order valence-corrected chi connectivity index (χ0v) is 20.0. The number of aliphatic hydroxyl groups is 1. The molecule has 2 aromatic carbocycles. The van der Waals surface area contributed by atoms with Crippen LogP contribution in [0.2, 0.25) is 0 Å². The summed E-state index contributed by atoms with van der Waals surface area (Å²) in [7, 11) is 3.94. The van der Waals surface area contributed by atoms with Crippen LogP contribution < -0.4 is 0 Å². The average molecular weight is 459 g/mol. The highest BCUT2D eigenvalue weighted by molar-refractivity contribution is 6.46. The van der Waals surface area contributed by atoms with Crippen molar-refractivity contribution in [2.75, 3.05) is 27.2 Å². The molecule has 0 saturated carbocycles. The first-order valence-electron chi connectivity index (χ1n) is 11.4. The lowest BCUT2D eigenvalue weighted by molar-refractivity contribution is -0.139. The Hall–Kier alpha value is -3.71. The number of carbonyl (C=O) groups is 2. The molecular formula is C27H30N4O3. The summed E-state index contributed by atoms with van der Waals surface area (Å²) in [6.07, 6.45) is 2.26. The molecule has 1 aromatic heterocycles. The van der Waals surface area contributed by atoms with Crippen molar-refractivity contribution in [1.82, 2.24) is 19.6 Å². The van der Waals surface area contributed by atoms with Gasteiger partial charge in [-0.15, -0.1) is 0 Å². The Morgan fingerprint density at radius 2 is 1.71 bits per heavy atom. The zero-order valence-electron chi connectivity index (χ0n) is 20.0. The molecular weight excluding hydrogens is 428 g/mol. The second-order valence-corrected chi connectivity index (χ2v) is 8.95. The van der Waals surface area contributed by atoms with E-state index in [0.717, 1.165) is 23.4 Å². The van der Waals surface area contributed by atoms with E-state index >= 15 is 0 Å². The molecule has 176 valence electrons. The van der Waals surface area contributed by atoms with Crippen LogP contribution in [0.3, 0.4) is 0 Å². The molecule has 0 aliphatic carbocycles. The summed E-state index contributed by atoms with van der Waals surface area (Å²) in [6.45, 7) is 5.02. The van der Waals surface area contributed by atoms with E-state index in [-0.39, 0.29) is 11.3 Å². The Bertz CT molecular complexity index is 1230. The van der Waals surface area contributed by atoms with E-state index in [4.69, 9.17) is 0 Å². The Labute approximate surface area is 199 Å². The summed E-state index contributed by atoms with van der Waals surface area (Å²) in [5, 5.41) is 15.8. The number of hydrogen-bond donors (Lipinski definition) is 1. The van der Waals surface area contributed by atoms with E-state index in [1.807, 2.05) is 87.4 Å². The maximum Gasteiger partial charge on any atom is 0.295 e. The first-order chi connectivity index (χ1) is 16.3. The van der Waals surface area contributed by atoms with E-state index in [1.165, 1.54) is 0 Å². The Morgan fingerprint density at radius 3 is 2.35 bits per heavy atom. The van der Waals surface area contributed by atoms with Gasteiger partial charge in [-0.1, -0.05) is 48.0 Å². The van der Waals surface area contributed by atoms with Gasteiger partial charge in [0, 0.05) is 6.54 Å². The number of ketones is 1. The zero-order chi connectivity index (χ0) is 24.4. The highest BCUT2D eigenvalue weighted by Crippen LogP contribution is 2.40. The molecule has 1 atom stereocenters. The highest BCUT2D eigenvalue weighted by atomic mass is 16.3. The molecule has 0 bridgehead atoms. The van der Waals surface area contributed by atoms with E-state index < -0.39 is 17.7 Å². The van der Waals surface area contributed by atoms with Crippen molar-refractivity contribution in [3.63, 3.8) is 0 Å². The molecule has 1 aliphatic rings. The van der Waals surface area contributed by atoms with Crippen LogP contribution in [-0.4, -0.2) is 63.6 Å². The van der Waals surface area contributed by atoms with E-state index in [9.17, 15) is 14.7 Å². The third-order valence-electron chi connectivity index (χ3n) is 6.20. The van der Waals surface area contributed by atoms with Crippen molar-refractivity contribution in [2.24, 2.45) is 0 Å². The lowest BCUT2D eigenvalue weighted by Gasteiger charge is -2.26. The number of para-hydroxylation sites is 1. The molecule has 3 aromatic rings. The van der Waals surface area contributed by atoms with Gasteiger partial charge in [0.1, 0.15) is 5.76 Å². The Kier molecular flexibility index (Phi) is 6.65. The van der Waals surface area contributed by atoms with Gasteiger partial charge in [-0.05, 0) is 58.6 Å².